The number of benzene rings is 1. The van der Waals surface area contributed by atoms with Crippen molar-refractivity contribution in [1.29, 1.82) is 0 Å². The Bertz CT molecular complexity index is 592. The first-order valence-electron chi connectivity index (χ1n) is 6.74. The number of likely N-dealkylation sites (tertiary alicyclic amines) is 1. The lowest BCUT2D eigenvalue weighted by Gasteiger charge is -2.35. The number of rotatable bonds is 2. The number of piperidine rings is 1. The maximum atomic E-state index is 13.9. The molecule has 1 saturated heterocycles. The highest BCUT2D eigenvalue weighted by molar-refractivity contribution is 5.94. The summed E-state index contributed by atoms with van der Waals surface area (Å²) in [5, 5.41) is 10.5. The number of amides is 1. The van der Waals surface area contributed by atoms with Crippen LogP contribution in [0.15, 0.2) is 12.1 Å². The summed E-state index contributed by atoms with van der Waals surface area (Å²) in [5.74, 6) is -2.16. The fourth-order valence-electron chi connectivity index (χ4n) is 2.46. The minimum atomic E-state index is -1.21. The molecule has 114 valence electrons. The summed E-state index contributed by atoms with van der Waals surface area (Å²) in [6.07, 6.45) is 0.796. The van der Waals surface area contributed by atoms with Gasteiger partial charge in [-0.05, 0) is 24.3 Å². The van der Waals surface area contributed by atoms with Crippen molar-refractivity contribution in [3.63, 3.8) is 0 Å². The Hall–Kier alpha value is -2.05. The highest BCUT2D eigenvalue weighted by atomic mass is 19.1. The van der Waals surface area contributed by atoms with Gasteiger partial charge in [-0.1, -0.05) is 13.8 Å². The monoisotopic (exact) mass is 298 g/mol. The van der Waals surface area contributed by atoms with Crippen molar-refractivity contribution < 1.29 is 18.5 Å². The van der Waals surface area contributed by atoms with Gasteiger partial charge >= 0.3 is 5.69 Å². The predicted octanol–water partition coefficient (Wildman–Crippen LogP) is 2.99. The zero-order chi connectivity index (χ0) is 15.7. The molecule has 2 rings (SSSR count). The lowest BCUT2D eigenvalue weighted by atomic mass is 9.88. The van der Waals surface area contributed by atoms with E-state index in [4.69, 9.17) is 0 Å². The molecule has 5 nitrogen and oxygen atoms in total. The fourth-order valence-corrected chi connectivity index (χ4v) is 2.46. The van der Waals surface area contributed by atoms with Crippen molar-refractivity contribution in [2.45, 2.75) is 20.3 Å². The number of halogens is 2. The van der Waals surface area contributed by atoms with Crippen LogP contribution in [0.1, 0.15) is 30.6 Å². The van der Waals surface area contributed by atoms with Crippen LogP contribution in [-0.2, 0) is 0 Å². The largest absolute Gasteiger partial charge is 0.338 e. The highest BCUT2D eigenvalue weighted by Crippen LogP contribution is 2.26. The van der Waals surface area contributed by atoms with Crippen molar-refractivity contribution in [2.75, 3.05) is 13.1 Å². The van der Waals surface area contributed by atoms with Crippen LogP contribution < -0.4 is 0 Å². The van der Waals surface area contributed by atoms with Crippen molar-refractivity contribution in [3.05, 3.63) is 39.4 Å². The minimum Gasteiger partial charge on any atom is -0.338 e. The van der Waals surface area contributed by atoms with E-state index < -0.39 is 33.7 Å². The molecule has 7 heteroatoms. The van der Waals surface area contributed by atoms with E-state index in [9.17, 15) is 23.7 Å². The molecule has 0 radical (unpaired) electrons. The van der Waals surface area contributed by atoms with Crippen LogP contribution in [0, 0.1) is 33.6 Å². The molecule has 0 N–H and O–H groups in total. The van der Waals surface area contributed by atoms with Crippen LogP contribution >= 0.6 is 0 Å². The minimum absolute atomic E-state index is 0.272. The second-order valence-electron chi connectivity index (χ2n) is 5.53. The second kappa shape index (κ2) is 5.75. The van der Waals surface area contributed by atoms with Crippen molar-refractivity contribution >= 4 is 11.6 Å². The topological polar surface area (TPSA) is 63.5 Å². The predicted molar refractivity (Wildman–Crippen MR) is 71.9 cm³/mol. The lowest BCUT2D eigenvalue weighted by Crippen LogP contribution is -2.42. The van der Waals surface area contributed by atoms with E-state index in [1.165, 1.54) is 4.90 Å². The molecule has 1 aliphatic rings. The van der Waals surface area contributed by atoms with Crippen LogP contribution in [-0.4, -0.2) is 28.8 Å². The van der Waals surface area contributed by atoms with Gasteiger partial charge in [-0.2, -0.15) is 4.39 Å². The zero-order valence-electron chi connectivity index (χ0n) is 11.8. The summed E-state index contributed by atoms with van der Waals surface area (Å²) >= 11 is 0. The van der Waals surface area contributed by atoms with Gasteiger partial charge in [0.25, 0.3) is 5.91 Å². The Balaban J connectivity index is 2.28. The molecule has 21 heavy (non-hydrogen) atoms. The van der Waals surface area contributed by atoms with Gasteiger partial charge in [-0.25, -0.2) is 4.39 Å². The standard InChI is InChI=1S/C14H16F2N2O3/c1-8-3-4-17(7-9(8)2)14(19)10-5-12(16)13(18(20)21)6-11(10)15/h5-6,8-9H,3-4,7H2,1-2H3. The fraction of sp³-hybridized carbons (Fsp3) is 0.500. The Labute approximate surface area is 120 Å². The average molecular weight is 298 g/mol. The number of carbonyl (C=O) groups excluding carboxylic acids is 1. The Morgan fingerprint density at radius 2 is 1.95 bits per heavy atom. The molecular formula is C14H16F2N2O3. The van der Waals surface area contributed by atoms with E-state index in [2.05, 4.69) is 6.92 Å². The average Bonchev–Trinajstić information content (AvgIpc) is 2.43. The zero-order valence-corrected chi connectivity index (χ0v) is 11.8. The normalized spacial score (nSPS) is 22.2. The molecule has 0 aliphatic carbocycles. The first-order chi connectivity index (χ1) is 9.81. The maximum Gasteiger partial charge on any atom is 0.307 e. The van der Waals surface area contributed by atoms with Gasteiger partial charge in [0.05, 0.1) is 16.6 Å². The summed E-state index contributed by atoms with van der Waals surface area (Å²) < 4.78 is 27.4. The van der Waals surface area contributed by atoms with Gasteiger partial charge in [0.2, 0.25) is 5.82 Å². The first-order valence-corrected chi connectivity index (χ1v) is 6.74. The first kappa shape index (κ1) is 15.3. The van der Waals surface area contributed by atoms with Gasteiger partial charge in [0.15, 0.2) is 0 Å². The smallest absolute Gasteiger partial charge is 0.307 e. The summed E-state index contributed by atoms with van der Waals surface area (Å²) in [5.41, 5.74) is -1.43. The molecule has 0 saturated carbocycles. The van der Waals surface area contributed by atoms with Crippen LogP contribution in [0.5, 0.6) is 0 Å². The molecule has 1 heterocycles. The van der Waals surface area contributed by atoms with Crippen LogP contribution in [0.25, 0.3) is 0 Å². The van der Waals surface area contributed by atoms with Gasteiger partial charge < -0.3 is 4.90 Å². The van der Waals surface area contributed by atoms with E-state index in [1.807, 2.05) is 6.92 Å². The van der Waals surface area contributed by atoms with E-state index in [0.29, 0.717) is 31.1 Å². The third-order valence-corrected chi connectivity index (χ3v) is 4.08. The van der Waals surface area contributed by atoms with Crippen LogP contribution in [0.2, 0.25) is 0 Å². The number of hydrogen-bond donors (Lipinski definition) is 0. The van der Waals surface area contributed by atoms with Gasteiger partial charge in [-0.3, -0.25) is 14.9 Å². The summed E-state index contributed by atoms with van der Waals surface area (Å²) in [4.78, 5) is 23.2. The summed E-state index contributed by atoms with van der Waals surface area (Å²) in [6.45, 7) is 5.02. The third kappa shape index (κ3) is 3.01. The molecule has 2 atom stereocenters. The van der Waals surface area contributed by atoms with Crippen molar-refractivity contribution in [2.24, 2.45) is 11.8 Å². The Morgan fingerprint density at radius 1 is 1.29 bits per heavy atom. The van der Waals surface area contributed by atoms with E-state index in [0.717, 1.165) is 6.42 Å². The molecule has 1 amide bonds. The number of nitrogens with zero attached hydrogens (tertiary/aromatic N) is 2. The molecule has 0 bridgehead atoms. The summed E-state index contributed by atoms with van der Waals surface area (Å²) in [6, 6.07) is 1.07. The van der Waals surface area contributed by atoms with Crippen LogP contribution in [0.4, 0.5) is 14.5 Å². The highest BCUT2D eigenvalue weighted by Gasteiger charge is 2.29. The van der Waals surface area contributed by atoms with Crippen molar-refractivity contribution in [3.8, 4) is 0 Å². The Morgan fingerprint density at radius 3 is 2.52 bits per heavy atom. The molecule has 1 aliphatic heterocycles. The molecule has 0 aromatic heterocycles. The van der Waals surface area contributed by atoms with Gasteiger partial charge in [-0.15, -0.1) is 0 Å². The quantitative estimate of drug-likeness (QED) is 0.623. The Kier molecular flexibility index (Phi) is 4.20. The SMILES string of the molecule is CC1CCN(C(=O)c2cc(F)c([N+](=O)[O-])cc2F)CC1C. The molecule has 0 spiro atoms. The van der Waals surface area contributed by atoms with Gasteiger partial charge in [0.1, 0.15) is 5.82 Å². The molecule has 1 aromatic carbocycles. The number of nitro groups is 1. The van der Waals surface area contributed by atoms with Crippen molar-refractivity contribution in [1.82, 2.24) is 4.90 Å². The van der Waals surface area contributed by atoms with Crippen LogP contribution in [0.3, 0.4) is 0 Å². The molecular weight excluding hydrogens is 282 g/mol. The molecule has 1 fully saturated rings. The number of carbonyl (C=O) groups is 1. The lowest BCUT2D eigenvalue weighted by molar-refractivity contribution is -0.387. The van der Waals surface area contributed by atoms with E-state index in [1.54, 1.807) is 0 Å². The molecule has 2 unspecified atom stereocenters. The second-order valence-corrected chi connectivity index (χ2v) is 5.53. The van der Waals surface area contributed by atoms with Gasteiger partial charge in [0, 0.05) is 13.1 Å². The molecule has 1 aromatic rings. The summed E-state index contributed by atoms with van der Waals surface area (Å²) in [7, 11) is 0. The third-order valence-electron chi connectivity index (χ3n) is 4.08. The number of nitro benzene ring substituents is 1. The number of hydrogen-bond acceptors (Lipinski definition) is 3. The maximum absolute atomic E-state index is 13.9. The van der Waals surface area contributed by atoms with E-state index in [-0.39, 0.29) is 5.92 Å². The van der Waals surface area contributed by atoms with E-state index >= 15 is 0 Å².